The van der Waals surface area contributed by atoms with E-state index in [0.717, 1.165) is 37.3 Å². The van der Waals surface area contributed by atoms with Crippen LogP contribution in [0.3, 0.4) is 0 Å². The zero-order chi connectivity index (χ0) is 24.1. The highest BCUT2D eigenvalue weighted by atomic mass is 32.2. The number of piperazine rings is 1. The van der Waals surface area contributed by atoms with Crippen molar-refractivity contribution in [2.45, 2.75) is 12.1 Å². The summed E-state index contributed by atoms with van der Waals surface area (Å²) in [6.45, 7) is 13.4. The summed E-state index contributed by atoms with van der Waals surface area (Å²) in [4.78, 5) is 32.3. The van der Waals surface area contributed by atoms with Gasteiger partial charge in [-0.1, -0.05) is 18.3 Å². The SMILES string of the molecule is [C-]#[N+]c1ncc2[nH]c(SCC(=O)Nc3ccc(OC)c(OCN4CCN(C)CC4)c3)nc2c1C. The molecule has 1 fully saturated rings. The van der Waals surface area contributed by atoms with E-state index < -0.39 is 0 Å². The Balaban J connectivity index is 1.35. The number of benzene rings is 1. The predicted octanol–water partition coefficient (Wildman–Crippen LogP) is 3.14. The Hall–Kier alpha value is -3.33. The molecule has 0 saturated carbocycles. The van der Waals surface area contributed by atoms with E-state index in [4.69, 9.17) is 16.0 Å². The number of nitrogens with one attached hydrogen (secondary N) is 2. The molecule has 0 spiro atoms. The number of carbonyl (C=O) groups excluding carboxylic acids is 1. The molecule has 178 valence electrons. The van der Waals surface area contributed by atoms with Crippen molar-refractivity contribution < 1.29 is 14.3 Å². The van der Waals surface area contributed by atoms with Gasteiger partial charge in [-0.15, -0.1) is 4.98 Å². The second-order valence-corrected chi connectivity index (χ2v) is 8.98. The normalized spacial score (nSPS) is 14.6. The van der Waals surface area contributed by atoms with E-state index in [9.17, 15) is 4.79 Å². The molecular formula is C23H27N7O3S. The largest absolute Gasteiger partial charge is 0.493 e. The summed E-state index contributed by atoms with van der Waals surface area (Å²) in [5.41, 5.74) is 2.79. The van der Waals surface area contributed by atoms with E-state index in [0.29, 0.717) is 40.4 Å². The summed E-state index contributed by atoms with van der Waals surface area (Å²) in [7, 11) is 3.71. The Morgan fingerprint density at radius 2 is 2.09 bits per heavy atom. The molecule has 1 saturated heterocycles. The van der Waals surface area contributed by atoms with Crippen molar-refractivity contribution in [3.63, 3.8) is 0 Å². The quantitative estimate of drug-likeness (QED) is 0.374. The number of thioether (sulfide) groups is 1. The summed E-state index contributed by atoms with van der Waals surface area (Å²) in [5.74, 6) is 1.54. The maximum absolute atomic E-state index is 12.6. The number of hydrogen-bond acceptors (Lipinski definition) is 8. The summed E-state index contributed by atoms with van der Waals surface area (Å²) in [5, 5.41) is 3.50. The van der Waals surface area contributed by atoms with E-state index in [1.54, 1.807) is 31.5 Å². The minimum absolute atomic E-state index is 0.169. The van der Waals surface area contributed by atoms with Gasteiger partial charge in [0, 0.05) is 43.5 Å². The lowest BCUT2D eigenvalue weighted by Gasteiger charge is -2.32. The molecule has 34 heavy (non-hydrogen) atoms. The molecule has 11 heteroatoms. The first-order valence-electron chi connectivity index (χ1n) is 10.8. The number of methoxy groups -OCH3 is 1. The Labute approximate surface area is 202 Å². The second kappa shape index (κ2) is 10.7. The fourth-order valence-electron chi connectivity index (χ4n) is 3.59. The summed E-state index contributed by atoms with van der Waals surface area (Å²) < 4.78 is 11.4. The van der Waals surface area contributed by atoms with Gasteiger partial charge in [0.05, 0.1) is 18.4 Å². The van der Waals surface area contributed by atoms with Crippen LogP contribution in [0.1, 0.15) is 5.56 Å². The number of hydrogen-bond donors (Lipinski definition) is 2. The highest BCUT2D eigenvalue weighted by Gasteiger charge is 2.16. The third kappa shape index (κ3) is 5.59. The number of H-pyrrole nitrogens is 1. The van der Waals surface area contributed by atoms with Gasteiger partial charge >= 0.3 is 0 Å². The molecule has 0 radical (unpaired) electrons. The van der Waals surface area contributed by atoms with Gasteiger partial charge in [0.1, 0.15) is 18.4 Å². The zero-order valence-corrected chi connectivity index (χ0v) is 20.2. The van der Waals surface area contributed by atoms with Crippen LogP contribution >= 0.6 is 11.8 Å². The summed E-state index contributed by atoms with van der Waals surface area (Å²) in [6, 6.07) is 5.35. The molecule has 2 N–H and O–H groups in total. The van der Waals surface area contributed by atoms with Gasteiger partial charge in [-0.2, -0.15) is 0 Å². The van der Waals surface area contributed by atoms with E-state index in [-0.39, 0.29) is 11.7 Å². The lowest BCUT2D eigenvalue weighted by atomic mass is 10.2. The molecule has 0 unspecified atom stereocenters. The van der Waals surface area contributed by atoms with Gasteiger partial charge in [0.25, 0.3) is 5.82 Å². The van der Waals surface area contributed by atoms with Crippen LogP contribution in [0.4, 0.5) is 11.5 Å². The topological polar surface area (TPSA) is 100.0 Å². The van der Waals surface area contributed by atoms with Crippen LogP contribution in [0.5, 0.6) is 11.5 Å². The Kier molecular flexibility index (Phi) is 7.52. The highest BCUT2D eigenvalue weighted by molar-refractivity contribution is 7.99. The number of aromatic amines is 1. The second-order valence-electron chi connectivity index (χ2n) is 8.02. The number of aromatic nitrogens is 3. The van der Waals surface area contributed by atoms with Crippen LogP contribution in [0.15, 0.2) is 29.6 Å². The average molecular weight is 482 g/mol. The number of likely N-dealkylation sites (N-methyl/N-ethyl adjacent to an activating group) is 1. The van der Waals surface area contributed by atoms with Crippen molar-refractivity contribution in [2.24, 2.45) is 0 Å². The van der Waals surface area contributed by atoms with Gasteiger partial charge in [-0.05, 0) is 26.1 Å². The number of nitrogens with zero attached hydrogens (tertiary/aromatic N) is 5. The first-order chi connectivity index (χ1) is 16.5. The van der Waals surface area contributed by atoms with Crippen LogP contribution in [0.2, 0.25) is 0 Å². The maximum Gasteiger partial charge on any atom is 0.274 e. The third-order valence-corrected chi connectivity index (χ3v) is 6.48. The number of fused-ring (bicyclic) bond motifs is 1. The van der Waals surface area contributed by atoms with Crippen molar-refractivity contribution in [2.75, 3.05) is 58.1 Å². The lowest BCUT2D eigenvalue weighted by molar-refractivity contribution is -0.113. The zero-order valence-electron chi connectivity index (χ0n) is 19.4. The minimum Gasteiger partial charge on any atom is -0.493 e. The Bertz CT molecular complexity index is 1220. The molecule has 4 rings (SSSR count). The van der Waals surface area contributed by atoms with Crippen molar-refractivity contribution in [3.8, 4) is 11.5 Å². The number of aryl methyl sites for hydroxylation is 1. The van der Waals surface area contributed by atoms with Crippen LogP contribution in [0.25, 0.3) is 15.9 Å². The van der Waals surface area contributed by atoms with Crippen LogP contribution in [0, 0.1) is 13.5 Å². The molecule has 0 atom stereocenters. The molecule has 10 nitrogen and oxygen atoms in total. The van der Waals surface area contributed by atoms with E-state index >= 15 is 0 Å². The van der Waals surface area contributed by atoms with Crippen LogP contribution < -0.4 is 14.8 Å². The lowest BCUT2D eigenvalue weighted by Crippen LogP contribution is -2.45. The van der Waals surface area contributed by atoms with Crippen molar-refractivity contribution in [1.82, 2.24) is 24.8 Å². The Morgan fingerprint density at radius 1 is 1.29 bits per heavy atom. The fourth-order valence-corrected chi connectivity index (χ4v) is 4.27. The number of ether oxygens (including phenoxy) is 2. The average Bonchev–Trinajstić information content (AvgIpc) is 3.27. The third-order valence-electron chi connectivity index (χ3n) is 5.61. The molecule has 1 aromatic carbocycles. The molecule has 2 aromatic heterocycles. The minimum atomic E-state index is -0.169. The van der Waals surface area contributed by atoms with Gasteiger partial charge in [0.15, 0.2) is 16.7 Å². The number of carbonyl (C=O) groups is 1. The number of rotatable bonds is 8. The summed E-state index contributed by atoms with van der Waals surface area (Å²) >= 11 is 1.29. The fraction of sp³-hybridized carbons (Fsp3) is 0.391. The number of imidazole rings is 1. The van der Waals surface area contributed by atoms with Gasteiger partial charge < -0.3 is 29.5 Å². The van der Waals surface area contributed by atoms with Crippen molar-refractivity contribution >= 4 is 40.2 Å². The number of anilines is 1. The first-order valence-corrected chi connectivity index (χ1v) is 11.8. The highest BCUT2D eigenvalue weighted by Crippen LogP contribution is 2.31. The smallest absolute Gasteiger partial charge is 0.274 e. The summed E-state index contributed by atoms with van der Waals surface area (Å²) in [6.07, 6.45) is 1.59. The van der Waals surface area contributed by atoms with Gasteiger partial charge in [0.2, 0.25) is 5.91 Å². The molecule has 3 aromatic rings. The molecule has 1 aliphatic heterocycles. The monoisotopic (exact) mass is 481 g/mol. The van der Waals surface area contributed by atoms with Gasteiger partial charge in [-0.3, -0.25) is 9.69 Å². The van der Waals surface area contributed by atoms with Crippen molar-refractivity contribution in [1.29, 1.82) is 0 Å². The van der Waals surface area contributed by atoms with E-state index in [1.165, 1.54) is 11.8 Å². The number of pyridine rings is 1. The first kappa shape index (κ1) is 23.8. The molecule has 0 bridgehead atoms. The van der Waals surface area contributed by atoms with E-state index in [2.05, 4.69) is 42.0 Å². The van der Waals surface area contributed by atoms with Gasteiger partial charge in [-0.25, -0.2) is 4.98 Å². The standard InChI is InChI=1S/C23H27N7O3S/c1-15-21-17(12-25-22(15)24-2)27-23(28-21)34-13-20(31)26-16-5-6-18(32-4)19(11-16)33-14-30-9-7-29(3)8-10-30/h5-6,11-12H,7-10,13-14H2,1,3-4H3,(H,26,31)(H,27,28). The molecular weight excluding hydrogens is 454 g/mol. The molecule has 1 amide bonds. The van der Waals surface area contributed by atoms with Crippen LogP contribution in [-0.4, -0.2) is 83.5 Å². The maximum atomic E-state index is 12.6. The molecule has 3 heterocycles. The van der Waals surface area contributed by atoms with Crippen LogP contribution in [-0.2, 0) is 4.79 Å². The molecule has 0 aliphatic carbocycles. The Morgan fingerprint density at radius 3 is 2.82 bits per heavy atom. The number of amides is 1. The van der Waals surface area contributed by atoms with E-state index in [1.807, 2.05) is 6.92 Å². The predicted molar refractivity (Wildman–Crippen MR) is 132 cm³/mol. The molecule has 1 aliphatic rings. The van der Waals surface area contributed by atoms with Crippen molar-refractivity contribution in [3.05, 3.63) is 41.4 Å².